The summed E-state index contributed by atoms with van der Waals surface area (Å²) < 4.78 is 40.9. The van der Waals surface area contributed by atoms with Crippen molar-refractivity contribution < 1.29 is 17.6 Å². The van der Waals surface area contributed by atoms with Gasteiger partial charge in [0.1, 0.15) is 12.2 Å². The summed E-state index contributed by atoms with van der Waals surface area (Å²) in [5.41, 5.74) is 2.31. The molecule has 2 aromatic rings. The summed E-state index contributed by atoms with van der Waals surface area (Å²) in [5.74, 6) is -0.531. The van der Waals surface area contributed by atoms with Crippen molar-refractivity contribution in [3.63, 3.8) is 0 Å². The SMILES string of the molecule is CCCc1cc(CNC(=O)[C@@H]2C[C@@H](F)CN2S(=O)(=O)c2ccccc2)ccc1C#N. The van der Waals surface area contributed by atoms with Crippen molar-refractivity contribution in [3.8, 4) is 6.07 Å². The molecule has 0 saturated carbocycles. The average molecular weight is 430 g/mol. The van der Waals surface area contributed by atoms with Crippen molar-refractivity contribution in [2.24, 2.45) is 0 Å². The second-order valence-corrected chi connectivity index (χ2v) is 9.20. The van der Waals surface area contributed by atoms with Gasteiger partial charge >= 0.3 is 0 Å². The van der Waals surface area contributed by atoms with Crippen LogP contribution in [-0.2, 0) is 27.8 Å². The van der Waals surface area contributed by atoms with Crippen LogP contribution >= 0.6 is 0 Å². The van der Waals surface area contributed by atoms with Gasteiger partial charge in [0, 0.05) is 19.5 Å². The minimum absolute atomic E-state index is 0.0354. The number of nitrogens with one attached hydrogen (secondary N) is 1. The fourth-order valence-corrected chi connectivity index (χ4v) is 5.28. The Labute approximate surface area is 176 Å². The number of nitrogens with zero attached hydrogens (tertiary/aromatic N) is 2. The van der Waals surface area contributed by atoms with Crippen LogP contribution in [0, 0.1) is 11.3 Å². The number of hydrogen-bond donors (Lipinski definition) is 1. The number of rotatable bonds is 7. The molecule has 2 aromatic carbocycles. The van der Waals surface area contributed by atoms with Gasteiger partial charge in [-0.2, -0.15) is 9.57 Å². The Morgan fingerprint density at radius 1 is 1.27 bits per heavy atom. The Morgan fingerprint density at radius 3 is 2.67 bits per heavy atom. The summed E-state index contributed by atoms with van der Waals surface area (Å²) >= 11 is 0. The zero-order valence-corrected chi connectivity index (χ0v) is 17.5. The Bertz CT molecular complexity index is 1050. The molecule has 1 aliphatic rings. The number of alkyl halides is 1. The van der Waals surface area contributed by atoms with Crippen LogP contribution in [0.3, 0.4) is 0 Å². The maximum atomic E-state index is 14.1. The van der Waals surface area contributed by atoms with Crippen LogP contribution in [0.1, 0.15) is 36.5 Å². The zero-order valence-electron chi connectivity index (χ0n) is 16.7. The first kappa shape index (κ1) is 21.9. The van der Waals surface area contributed by atoms with E-state index in [1.165, 1.54) is 12.1 Å². The van der Waals surface area contributed by atoms with Crippen molar-refractivity contribution in [1.29, 1.82) is 5.26 Å². The number of amides is 1. The molecular formula is C22H24FN3O3S. The molecule has 1 aliphatic heterocycles. The fourth-order valence-electron chi connectivity index (χ4n) is 3.64. The van der Waals surface area contributed by atoms with E-state index in [1.54, 1.807) is 30.3 Å². The molecular weight excluding hydrogens is 405 g/mol. The standard InChI is InChI=1S/C22H24FN3O3S/c1-2-6-17-11-16(9-10-18(17)13-24)14-25-22(27)21-12-19(23)15-26(21)30(28,29)20-7-4-3-5-8-20/h3-5,7-11,19,21H,2,6,12,14-15H2,1H3,(H,25,27)/t19-,21+/m1/s1. The molecule has 158 valence electrons. The smallest absolute Gasteiger partial charge is 0.243 e. The van der Waals surface area contributed by atoms with E-state index in [0.29, 0.717) is 5.56 Å². The second kappa shape index (κ2) is 9.37. The van der Waals surface area contributed by atoms with Crippen molar-refractivity contribution in [2.45, 2.75) is 49.8 Å². The van der Waals surface area contributed by atoms with E-state index in [1.807, 2.05) is 13.0 Å². The summed E-state index contributed by atoms with van der Waals surface area (Å²) in [7, 11) is -3.98. The van der Waals surface area contributed by atoms with Crippen LogP contribution in [0.4, 0.5) is 4.39 Å². The Morgan fingerprint density at radius 2 is 2.00 bits per heavy atom. The molecule has 0 aromatic heterocycles. The van der Waals surface area contributed by atoms with E-state index in [4.69, 9.17) is 0 Å². The highest BCUT2D eigenvalue weighted by Gasteiger charge is 2.44. The zero-order chi connectivity index (χ0) is 21.7. The quantitative estimate of drug-likeness (QED) is 0.733. The van der Waals surface area contributed by atoms with E-state index >= 15 is 0 Å². The Kier molecular flexibility index (Phi) is 6.85. The summed E-state index contributed by atoms with van der Waals surface area (Å²) in [6.07, 6.45) is 0.0635. The summed E-state index contributed by atoms with van der Waals surface area (Å²) in [6.45, 7) is 1.85. The molecule has 1 N–H and O–H groups in total. The van der Waals surface area contributed by atoms with Crippen LogP contribution in [0.5, 0.6) is 0 Å². The number of carbonyl (C=O) groups excluding carboxylic acids is 1. The first-order chi connectivity index (χ1) is 14.4. The van der Waals surface area contributed by atoms with Gasteiger partial charge in [-0.3, -0.25) is 4.79 Å². The number of halogens is 1. The molecule has 1 saturated heterocycles. The van der Waals surface area contributed by atoms with Crippen LogP contribution in [0.25, 0.3) is 0 Å². The predicted octanol–water partition coefficient (Wildman–Crippen LogP) is 2.93. The van der Waals surface area contributed by atoms with Crippen LogP contribution < -0.4 is 5.32 Å². The lowest BCUT2D eigenvalue weighted by atomic mass is 10.0. The number of sulfonamides is 1. The van der Waals surface area contributed by atoms with Crippen molar-refractivity contribution in [1.82, 2.24) is 9.62 Å². The molecule has 0 aliphatic carbocycles. The summed E-state index contributed by atoms with van der Waals surface area (Å²) in [4.78, 5) is 12.8. The number of hydrogen-bond acceptors (Lipinski definition) is 4. The summed E-state index contributed by atoms with van der Waals surface area (Å²) in [5, 5.41) is 11.9. The minimum Gasteiger partial charge on any atom is -0.351 e. The molecule has 30 heavy (non-hydrogen) atoms. The third-order valence-electron chi connectivity index (χ3n) is 5.13. The molecule has 3 rings (SSSR count). The normalized spacial score (nSPS) is 19.4. The van der Waals surface area contributed by atoms with Gasteiger partial charge in [0.05, 0.1) is 16.5 Å². The van der Waals surface area contributed by atoms with Gasteiger partial charge in [-0.1, -0.05) is 43.7 Å². The van der Waals surface area contributed by atoms with E-state index < -0.39 is 28.1 Å². The average Bonchev–Trinajstić information content (AvgIpc) is 3.16. The van der Waals surface area contributed by atoms with E-state index in [9.17, 15) is 22.9 Å². The largest absolute Gasteiger partial charge is 0.351 e. The van der Waals surface area contributed by atoms with Gasteiger partial charge in [-0.15, -0.1) is 0 Å². The molecule has 0 unspecified atom stereocenters. The highest BCUT2D eigenvalue weighted by Crippen LogP contribution is 2.28. The molecule has 0 radical (unpaired) electrons. The van der Waals surface area contributed by atoms with Crippen molar-refractivity contribution in [3.05, 3.63) is 65.2 Å². The van der Waals surface area contributed by atoms with Gasteiger partial charge in [0.2, 0.25) is 15.9 Å². The first-order valence-electron chi connectivity index (χ1n) is 9.87. The fraction of sp³-hybridized carbons (Fsp3) is 0.364. The molecule has 0 bridgehead atoms. The lowest BCUT2D eigenvalue weighted by molar-refractivity contribution is -0.124. The maximum absolute atomic E-state index is 14.1. The van der Waals surface area contributed by atoms with Gasteiger partial charge in [-0.05, 0) is 35.7 Å². The highest BCUT2D eigenvalue weighted by molar-refractivity contribution is 7.89. The molecule has 8 heteroatoms. The van der Waals surface area contributed by atoms with Crippen molar-refractivity contribution >= 4 is 15.9 Å². The monoisotopic (exact) mass is 429 g/mol. The van der Waals surface area contributed by atoms with Crippen LogP contribution in [0.2, 0.25) is 0 Å². The highest BCUT2D eigenvalue weighted by atomic mass is 32.2. The molecule has 2 atom stereocenters. The van der Waals surface area contributed by atoms with Crippen LogP contribution in [0.15, 0.2) is 53.4 Å². The number of benzene rings is 2. The van der Waals surface area contributed by atoms with Gasteiger partial charge in [-0.25, -0.2) is 12.8 Å². The van der Waals surface area contributed by atoms with Gasteiger partial charge in [0.25, 0.3) is 0 Å². The van der Waals surface area contributed by atoms with E-state index in [-0.39, 0.29) is 24.4 Å². The third kappa shape index (κ3) is 4.69. The number of carbonyl (C=O) groups is 1. The Balaban J connectivity index is 1.74. The van der Waals surface area contributed by atoms with Gasteiger partial charge < -0.3 is 5.32 Å². The first-order valence-corrected chi connectivity index (χ1v) is 11.3. The molecule has 1 fully saturated rings. The molecule has 1 heterocycles. The second-order valence-electron chi connectivity index (χ2n) is 7.31. The topological polar surface area (TPSA) is 90.3 Å². The lowest BCUT2D eigenvalue weighted by Gasteiger charge is -2.23. The maximum Gasteiger partial charge on any atom is 0.243 e. The van der Waals surface area contributed by atoms with E-state index in [0.717, 1.165) is 28.3 Å². The summed E-state index contributed by atoms with van der Waals surface area (Å²) in [6, 6.07) is 14.1. The lowest BCUT2D eigenvalue weighted by Crippen LogP contribution is -2.45. The van der Waals surface area contributed by atoms with E-state index in [2.05, 4.69) is 11.4 Å². The third-order valence-corrected chi connectivity index (χ3v) is 7.02. The molecule has 0 spiro atoms. The molecule has 1 amide bonds. The minimum atomic E-state index is -3.98. The van der Waals surface area contributed by atoms with Crippen LogP contribution in [-0.4, -0.2) is 37.4 Å². The Hall–Kier alpha value is -2.76. The molecule has 6 nitrogen and oxygen atoms in total. The predicted molar refractivity (Wildman–Crippen MR) is 111 cm³/mol. The van der Waals surface area contributed by atoms with Gasteiger partial charge in [0.15, 0.2) is 0 Å². The number of aryl methyl sites for hydroxylation is 1. The van der Waals surface area contributed by atoms with Crippen molar-refractivity contribution in [2.75, 3.05) is 6.54 Å². The number of nitriles is 1.